The first-order valence-electron chi connectivity index (χ1n) is 10.5. The van der Waals surface area contributed by atoms with Crippen LogP contribution in [0, 0.1) is 0 Å². The number of H-pyrrole nitrogens is 1. The third kappa shape index (κ3) is 4.42. The Morgan fingerprint density at radius 2 is 2.21 bits per heavy atom. The molecule has 2 aliphatic heterocycles. The van der Waals surface area contributed by atoms with Crippen molar-refractivity contribution in [2.45, 2.75) is 50.5 Å². The predicted octanol–water partition coefficient (Wildman–Crippen LogP) is 2.05. The molecule has 2 atom stereocenters. The molecule has 8 nitrogen and oxygen atoms in total. The molecular weight excluding hydrogens is 370 g/mol. The molecule has 2 aromatic rings. The van der Waals surface area contributed by atoms with Crippen molar-refractivity contribution in [3.8, 4) is 0 Å². The van der Waals surface area contributed by atoms with E-state index in [1.807, 2.05) is 30.0 Å². The fourth-order valence-electron chi connectivity index (χ4n) is 4.26. The Balaban J connectivity index is 1.49. The molecule has 0 bridgehead atoms. The zero-order chi connectivity index (χ0) is 20.4. The van der Waals surface area contributed by atoms with Crippen LogP contribution in [0.25, 0.3) is 10.9 Å². The molecule has 1 amide bonds. The van der Waals surface area contributed by atoms with Crippen LogP contribution in [-0.2, 0) is 9.53 Å². The van der Waals surface area contributed by atoms with E-state index in [-0.39, 0.29) is 23.5 Å². The second-order valence-electron chi connectivity index (χ2n) is 8.27. The van der Waals surface area contributed by atoms with E-state index in [1.54, 1.807) is 6.20 Å². The lowest BCUT2D eigenvalue weighted by Gasteiger charge is -2.33. The van der Waals surface area contributed by atoms with Gasteiger partial charge in [-0.25, -0.2) is 9.97 Å². The van der Waals surface area contributed by atoms with E-state index < -0.39 is 0 Å². The molecule has 2 aliphatic rings. The number of rotatable bonds is 5. The van der Waals surface area contributed by atoms with Crippen LogP contribution in [0.2, 0.25) is 0 Å². The van der Waals surface area contributed by atoms with Gasteiger partial charge in [-0.3, -0.25) is 9.59 Å². The summed E-state index contributed by atoms with van der Waals surface area (Å²) in [4.78, 5) is 40.8. The molecule has 2 fully saturated rings. The molecular formula is C21H29N5O3. The number of carbonyl (C=O) groups is 1. The van der Waals surface area contributed by atoms with Crippen molar-refractivity contribution in [2.24, 2.45) is 0 Å². The van der Waals surface area contributed by atoms with Gasteiger partial charge in [-0.15, -0.1) is 0 Å². The molecule has 4 heterocycles. The normalized spacial score (nSPS) is 22.2. The Kier molecular flexibility index (Phi) is 5.80. The minimum absolute atomic E-state index is 0.116. The van der Waals surface area contributed by atoms with E-state index in [2.05, 4.69) is 15.0 Å². The SMILES string of the molecule is CN(C)c1ncc2c(=O)[nH]c([C@@H]3CCCN(C(=O)CC[C@H]4CCCO4)C3)cc2n1. The molecule has 8 heteroatoms. The number of hydrogen-bond acceptors (Lipinski definition) is 6. The molecule has 0 spiro atoms. The summed E-state index contributed by atoms with van der Waals surface area (Å²) >= 11 is 0. The number of hydrogen-bond donors (Lipinski definition) is 1. The Morgan fingerprint density at radius 1 is 1.34 bits per heavy atom. The van der Waals surface area contributed by atoms with Crippen molar-refractivity contribution in [3.05, 3.63) is 28.3 Å². The molecule has 156 valence electrons. The van der Waals surface area contributed by atoms with E-state index in [1.165, 1.54) is 0 Å². The van der Waals surface area contributed by atoms with Crippen LogP contribution in [0.5, 0.6) is 0 Å². The standard InChI is InChI=1S/C21H29N5O3/c1-25(2)21-22-12-16-18(24-21)11-17(23-20(16)28)14-5-3-9-26(13-14)19(27)8-7-15-6-4-10-29-15/h11-12,14-15H,3-10,13H2,1-2H3,(H,23,28)/t14-,15-/m1/s1. The highest BCUT2D eigenvalue weighted by molar-refractivity contribution is 5.78. The van der Waals surface area contributed by atoms with E-state index in [4.69, 9.17) is 4.74 Å². The van der Waals surface area contributed by atoms with Gasteiger partial charge < -0.3 is 19.5 Å². The van der Waals surface area contributed by atoms with Crippen molar-refractivity contribution in [1.29, 1.82) is 0 Å². The largest absolute Gasteiger partial charge is 0.378 e. The minimum Gasteiger partial charge on any atom is -0.378 e. The van der Waals surface area contributed by atoms with Gasteiger partial charge >= 0.3 is 0 Å². The smallest absolute Gasteiger partial charge is 0.259 e. The van der Waals surface area contributed by atoms with Crippen LogP contribution in [0.15, 0.2) is 17.1 Å². The quantitative estimate of drug-likeness (QED) is 0.827. The summed E-state index contributed by atoms with van der Waals surface area (Å²) in [7, 11) is 3.74. The average Bonchev–Trinajstić information content (AvgIpc) is 3.25. The maximum atomic E-state index is 12.7. The van der Waals surface area contributed by atoms with Gasteiger partial charge in [0.25, 0.3) is 5.56 Å². The Morgan fingerprint density at radius 3 is 2.97 bits per heavy atom. The first-order chi connectivity index (χ1) is 14.0. The van der Waals surface area contributed by atoms with Crippen LogP contribution in [-0.4, -0.2) is 65.7 Å². The Hall–Kier alpha value is -2.48. The highest BCUT2D eigenvalue weighted by Gasteiger charge is 2.27. The fraction of sp³-hybridized carbons (Fsp3) is 0.619. The van der Waals surface area contributed by atoms with Crippen molar-refractivity contribution in [2.75, 3.05) is 38.7 Å². The van der Waals surface area contributed by atoms with Crippen LogP contribution >= 0.6 is 0 Å². The topological polar surface area (TPSA) is 91.4 Å². The third-order valence-corrected chi connectivity index (χ3v) is 5.92. The zero-order valence-corrected chi connectivity index (χ0v) is 17.2. The lowest BCUT2D eigenvalue weighted by Crippen LogP contribution is -2.39. The fourth-order valence-corrected chi connectivity index (χ4v) is 4.26. The number of nitrogens with one attached hydrogen (secondary N) is 1. The third-order valence-electron chi connectivity index (χ3n) is 5.92. The summed E-state index contributed by atoms with van der Waals surface area (Å²) in [5.74, 6) is 0.875. The van der Waals surface area contributed by atoms with Gasteiger partial charge in [-0.1, -0.05) is 0 Å². The number of pyridine rings is 1. The number of aromatic nitrogens is 3. The molecule has 0 unspecified atom stereocenters. The second kappa shape index (κ2) is 8.49. The van der Waals surface area contributed by atoms with Crippen LogP contribution in [0.4, 0.5) is 5.95 Å². The van der Waals surface area contributed by atoms with Gasteiger partial charge in [0.05, 0.1) is 17.0 Å². The minimum atomic E-state index is -0.176. The molecule has 0 saturated carbocycles. The highest BCUT2D eigenvalue weighted by atomic mass is 16.5. The lowest BCUT2D eigenvalue weighted by molar-refractivity contribution is -0.133. The van der Waals surface area contributed by atoms with Crippen LogP contribution in [0.1, 0.15) is 50.1 Å². The zero-order valence-electron chi connectivity index (χ0n) is 17.2. The molecule has 29 heavy (non-hydrogen) atoms. The molecule has 0 aromatic carbocycles. The van der Waals surface area contributed by atoms with Gasteiger partial charge in [-0.05, 0) is 38.2 Å². The lowest BCUT2D eigenvalue weighted by atomic mass is 9.93. The van der Waals surface area contributed by atoms with Crippen LogP contribution in [0.3, 0.4) is 0 Å². The van der Waals surface area contributed by atoms with E-state index in [0.717, 1.165) is 50.9 Å². The van der Waals surface area contributed by atoms with Gasteiger partial charge in [-0.2, -0.15) is 0 Å². The van der Waals surface area contributed by atoms with Gasteiger partial charge in [0, 0.05) is 58.0 Å². The molecule has 2 aromatic heterocycles. The number of aromatic amines is 1. The average molecular weight is 399 g/mol. The number of anilines is 1. The first kappa shape index (κ1) is 19.8. The maximum absolute atomic E-state index is 12.7. The predicted molar refractivity (Wildman–Crippen MR) is 111 cm³/mol. The van der Waals surface area contributed by atoms with Crippen LogP contribution < -0.4 is 10.5 Å². The van der Waals surface area contributed by atoms with Gasteiger partial charge in [0.15, 0.2) is 0 Å². The summed E-state index contributed by atoms with van der Waals surface area (Å²) in [6.07, 6.45) is 7.18. The second-order valence-corrected chi connectivity index (χ2v) is 8.27. The van der Waals surface area contributed by atoms with E-state index in [9.17, 15) is 9.59 Å². The van der Waals surface area contributed by atoms with E-state index >= 15 is 0 Å². The maximum Gasteiger partial charge on any atom is 0.259 e. The monoisotopic (exact) mass is 399 g/mol. The summed E-state index contributed by atoms with van der Waals surface area (Å²) in [5.41, 5.74) is 1.32. The summed E-state index contributed by atoms with van der Waals surface area (Å²) in [6.45, 7) is 2.24. The number of piperidine rings is 1. The Labute approximate surface area is 170 Å². The van der Waals surface area contributed by atoms with Crippen molar-refractivity contribution >= 4 is 22.8 Å². The van der Waals surface area contributed by atoms with Crippen molar-refractivity contribution < 1.29 is 9.53 Å². The number of amides is 1. The number of nitrogens with zero attached hydrogens (tertiary/aromatic N) is 4. The van der Waals surface area contributed by atoms with Crippen molar-refractivity contribution in [1.82, 2.24) is 19.9 Å². The molecule has 4 rings (SSSR count). The number of carbonyl (C=O) groups excluding carboxylic acids is 1. The summed E-state index contributed by atoms with van der Waals surface area (Å²) in [6, 6.07) is 1.94. The first-order valence-corrected chi connectivity index (χ1v) is 10.5. The summed E-state index contributed by atoms with van der Waals surface area (Å²) < 4.78 is 5.64. The van der Waals surface area contributed by atoms with Crippen molar-refractivity contribution in [3.63, 3.8) is 0 Å². The number of likely N-dealkylation sites (tertiary alicyclic amines) is 1. The van der Waals surface area contributed by atoms with Gasteiger partial charge in [0.1, 0.15) is 0 Å². The molecule has 0 aliphatic carbocycles. The molecule has 2 saturated heterocycles. The van der Waals surface area contributed by atoms with Gasteiger partial charge in [0.2, 0.25) is 11.9 Å². The molecule has 1 N–H and O–H groups in total. The highest BCUT2D eigenvalue weighted by Crippen LogP contribution is 2.27. The van der Waals surface area contributed by atoms with E-state index in [0.29, 0.717) is 29.8 Å². The Bertz CT molecular complexity index is 936. The number of ether oxygens (including phenoxy) is 1. The number of fused-ring (bicyclic) bond motifs is 1. The summed E-state index contributed by atoms with van der Waals surface area (Å²) in [5, 5.41) is 0.486. The molecule has 0 radical (unpaired) electrons.